The SMILES string of the molecule is CC1CC(CNCc2ccccc2)CN1C. The maximum atomic E-state index is 3.56. The minimum atomic E-state index is 0.753. The molecule has 1 aromatic carbocycles. The third-order valence-electron chi connectivity index (χ3n) is 3.58. The highest BCUT2D eigenvalue weighted by Gasteiger charge is 2.25. The fourth-order valence-corrected chi connectivity index (χ4v) is 2.49. The fraction of sp³-hybridized carbons (Fsp3) is 0.571. The second kappa shape index (κ2) is 5.46. The lowest BCUT2D eigenvalue weighted by Gasteiger charge is -2.13. The molecule has 0 saturated carbocycles. The molecule has 0 radical (unpaired) electrons. The lowest BCUT2D eigenvalue weighted by atomic mass is 10.1. The molecule has 1 saturated heterocycles. The van der Waals surface area contributed by atoms with Crippen LogP contribution in [0.2, 0.25) is 0 Å². The van der Waals surface area contributed by atoms with E-state index in [4.69, 9.17) is 0 Å². The van der Waals surface area contributed by atoms with Gasteiger partial charge in [-0.3, -0.25) is 0 Å². The lowest BCUT2D eigenvalue weighted by Crippen LogP contribution is -2.25. The van der Waals surface area contributed by atoms with Crippen molar-refractivity contribution in [2.45, 2.75) is 25.9 Å². The Kier molecular flexibility index (Phi) is 3.97. The van der Waals surface area contributed by atoms with E-state index in [2.05, 4.69) is 54.5 Å². The Morgan fingerprint density at radius 2 is 2.06 bits per heavy atom. The molecule has 88 valence electrons. The second-order valence-corrected chi connectivity index (χ2v) is 5.01. The van der Waals surface area contributed by atoms with Gasteiger partial charge in [-0.1, -0.05) is 30.3 Å². The van der Waals surface area contributed by atoms with Crippen molar-refractivity contribution in [2.24, 2.45) is 5.92 Å². The van der Waals surface area contributed by atoms with Crippen LogP contribution in [0, 0.1) is 5.92 Å². The number of likely N-dealkylation sites (tertiary alicyclic amines) is 1. The van der Waals surface area contributed by atoms with Crippen LogP contribution in [0.1, 0.15) is 18.9 Å². The van der Waals surface area contributed by atoms with Gasteiger partial charge in [0.05, 0.1) is 0 Å². The van der Waals surface area contributed by atoms with Gasteiger partial charge in [-0.15, -0.1) is 0 Å². The minimum absolute atomic E-state index is 0.753. The monoisotopic (exact) mass is 218 g/mol. The molecule has 0 spiro atoms. The molecule has 1 aliphatic rings. The number of nitrogens with one attached hydrogen (secondary N) is 1. The molecule has 1 heterocycles. The molecule has 2 nitrogen and oxygen atoms in total. The van der Waals surface area contributed by atoms with Gasteiger partial charge >= 0.3 is 0 Å². The van der Waals surface area contributed by atoms with E-state index in [1.54, 1.807) is 0 Å². The summed E-state index contributed by atoms with van der Waals surface area (Å²) in [6.45, 7) is 5.69. The molecule has 1 N–H and O–H groups in total. The van der Waals surface area contributed by atoms with E-state index >= 15 is 0 Å². The summed E-state index contributed by atoms with van der Waals surface area (Å²) < 4.78 is 0. The van der Waals surface area contributed by atoms with Crippen LogP contribution in [-0.2, 0) is 6.54 Å². The average Bonchev–Trinajstić information content (AvgIpc) is 2.60. The molecule has 0 aliphatic carbocycles. The van der Waals surface area contributed by atoms with E-state index in [0.29, 0.717) is 0 Å². The predicted molar refractivity (Wildman–Crippen MR) is 68.3 cm³/mol. The van der Waals surface area contributed by atoms with E-state index in [-0.39, 0.29) is 0 Å². The molecule has 2 rings (SSSR count). The molecule has 1 aliphatic heterocycles. The summed E-state index contributed by atoms with van der Waals surface area (Å²) >= 11 is 0. The summed E-state index contributed by atoms with van der Waals surface area (Å²) in [5, 5.41) is 3.56. The minimum Gasteiger partial charge on any atom is -0.312 e. The van der Waals surface area contributed by atoms with E-state index in [1.165, 1.54) is 18.5 Å². The maximum Gasteiger partial charge on any atom is 0.0205 e. The van der Waals surface area contributed by atoms with Gasteiger partial charge in [-0.05, 0) is 38.4 Å². The third-order valence-corrected chi connectivity index (χ3v) is 3.58. The normalized spacial score (nSPS) is 26.1. The zero-order valence-corrected chi connectivity index (χ0v) is 10.3. The topological polar surface area (TPSA) is 15.3 Å². The molecule has 2 unspecified atom stereocenters. The summed E-state index contributed by atoms with van der Waals surface area (Å²) in [6.07, 6.45) is 1.33. The molecule has 1 fully saturated rings. The van der Waals surface area contributed by atoms with Crippen LogP contribution in [0.15, 0.2) is 30.3 Å². The van der Waals surface area contributed by atoms with Gasteiger partial charge in [0, 0.05) is 19.1 Å². The summed E-state index contributed by atoms with van der Waals surface area (Å²) in [5.74, 6) is 0.823. The van der Waals surface area contributed by atoms with Gasteiger partial charge in [-0.2, -0.15) is 0 Å². The maximum absolute atomic E-state index is 3.56. The summed E-state index contributed by atoms with van der Waals surface area (Å²) in [7, 11) is 2.22. The van der Waals surface area contributed by atoms with Crippen molar-refractivity contribution in [2.75, 3.05) is 20.1 Å². The van der Waals surface area contributed by atoms with E-state index in [9.17, 15) is 0 Å². The molecular formula is C14H22N2. The Bertz CT molecular complexity index is 300. The fourth-order valence-electron chi connectivity index (χ4n) is 2.49. The van der Waals surface area contributed by atoms with Gasteiger partial charge in [0.2, 0.25) is 0 Å². The standard InChI is InChI=1S/C14H22N2/c1-12-8-14(11-16(12)2)10-15-9-13-6-4-3-5-7-13/h3-7,12,14-15H,8-11H2,1-2H3. The molecular weight excluding hydrogens is 196 g/mol. The highest BCUT2D eigenvalue weighted by atomic mass is 15.2. The van der Waals surface area contributed by atoms with Crippen LogP contribution in [0.4, 0.5) is 0 Å². The highest BCUT2D eigenvalue weighted by Crippen LogP contribution is 2.20. The van der Waals surface area contributed by atoms with Crippen LogP contribution < -0.4 is 5.32 Å². The van der Waals surface area contributed by atoms with Gasteiger partial charge in [0.1, 0.15) is 0 Å². The van der Waals surface area contributed by atoms with Crippen molar-refractivity contribution in [3.63, 3.8) is 0 Å². The highest BCUT2D eigenvalue weighted by molar-refractivity contribution is 5.14. The molecule has 2 atom stereocenters. The zero-order chi connectivity index (χ0) is 11.4. The van der Waals surface area contributed by atoms with Crippen LogP contribution in [-0.4, -0.2) is 31.1 Å². The Morgan fingerprint density at radius 3 is 2.69 bits per heavy atom. The predicted octanol–water partition coefficient (Wildman–Crippen LogP) is 2.12. The number of benzene rings is 1. The van der Waals surface area contributed by atoms with Crippen molar-refractivity contribution in [1.82, 2.24) is 10.2 Å². The number of hydrogen-bond acceptors (Lipinski definition) is 2. The number of rotatable bonds is 4. The number of nitrogens with zero attached hydrogens (tertiary/aromatic N) is 1. The molecule has 0 amide bonds. The van der Waals surface area contributed by atoms with E-state index in [1.807, 2.05) is 0 Å². The van der Waals surface area contributed by atoms with Crippen molar-refractivity contribution in [1.29, 1.82) is 0 Å². The van der Waals surface area contributed by atoms with Gasteiger partial charge in [0.25, 0.3) is 0 Å². The first kappa shape index (κ1) is 11.6. The van der Waals surface area contributed by atoms with Crippen molar-refractivity contribution >= 4 is 0 Å². The zero-order valence-electron chi connectivity index (χ0n) is 10.3. The summed E-state index contributed by atoms with van der Waals surface area (Å²) in [6, 6.07) is 11.4. The summed E-state index contributed by atoms with van der Waals surface area (Å²) in [4.78, 5) is 2.45. The summed E-state index contributed by atoms with van der Waals surface area (Å²) in [5.41, 5.74) is 1.38. The van der Waals surface area contributed by atoms with Crippen LogP contribution in [0.3, 0.4) is 0 Å². The Morgan fingerprint density at radius 1 is 1.31 bits per heavy atom. The van der Waals surface area contributed by atoms with Crippen LogP contribution >= 0.6 is 0 Å². The average molecular weight is 218 g/mol. The second-order valence-electron chi connectivity index (χ2n) is 5.01. The van der Waals surface area contributed by atoms with Gasteiger partial charge in [0.15, 0.2) is 0 Å². The van der Waals surface area contributed by atoms with E-state index < -0.39 is 0 Å². The smallest absolute Gasteiger partial charge is 0.0205 e. The number of hydrogen-bond donors (Lipinski definition) is 1. The van der Waals surface area contributed by atoms with Crippen LogP contribution in [0.25, 0.3) is 0 Å². The Labute approximate surface area is 98.7 Å². The Balaban J connectivity index is 1.69. The van der Waals surface area contributed by atoms with Crippen molar-refractivity contribution in [3.05, 3.63) is 35.9 Å². The largest absolute Gasteiger partial charge is 0.312 e. The van der Waals surface area contributed by atoms with E-state index in [0.717, 1.165) is 25.0 Å². The van der Waals surface area contributed by atoms with Crippen LogP contribution in [0.5, 0.6) is 0 Å². The lowest BCUT2D eigenvalue weighted by molar-refractivity contribution is 0.324. The van der Waals surface area contributed by atoms with Gasteiger partial charge in [-0.25, -0.2) is 0 Å². The molecule has 16 heavy (non-hydrogen) atoms. The molecule has 2 heteroatoms. The van der Waals surface area contributed by atoms with Crippen molar-refractivity contribution < 1.29 is 0 Å². The first-order chi connectivity index (χ1) is 7.75. The molecule has 1 aromatic rings. The first-order valence-electron chi connectivity index (χ1n) is 6.20. The molecule has 0 bridgehead atoms. The van der Waals surface area contributed by atoms with Crippen molar-refractivity contribution in [3.8, 4) is 0 Å². The quantitative estimate of drug-likeness (QED) is 0.832. The first-order valence-corrected chi connectivity index (χ1v) is 6.20. The Hall–Kier alpha value is -0.860. The third kappa shape index (κ3) is 3.06. The van der Waals surface area contributed by atoms with Gasteiger partial charge < -0.3 is 10.2 Å². The molecule has 0 aromatic heterocycles.